The maximum Gasteiger partial charge on any atom is 0.412 e. The molecule has 0 saturated carbocycles. The number of pyridine rings is 1. The second-order valence-electron chi connectivity index (χ2n) is 7.61. The molecule has 35 heavy (non-hydrogen) atoms. The molecule has 11 nitrogen and oxygen atoms in total. The lowest BCUT2D eigenvalue weighted by Gasteiger charge is -2.20. The minimum Gasteiger partial charge on any atom is -0.445 e. The van der Waals surface area contributed by atoms with E-state index in [0.717, 1.165) is 16.2 Å². The summed E-state index contributed by atoms with van der Waals surface area (Å²) in [5.74, 6) is -1.39. The van der Waals surface area contributed by atoms with E-state index in [1.54, 1.807) is 19.3 Å². The topological polar surface area (TPSA) is 127 Å². The Balaban J connectivity index is 1.62. The largest absolute Gasteiger partial charge is 0.445 e. The van der Waals surface area contributed by atoms with E-state index in [0.29, 0.717) is 13.0 Å². The number of benzene rings is 1. The average Bonchev–Trinajstić information content (AvgIpc) is 2.85. The van der Waals surface area contributed by atoms with Gasteiger partial charge in [0.05, 0.1) is 0 Å². The van der Waals surface area contributed by atoms with Crippen molar-refractivity contribution in [3.8, 4) is 0 Å². The van der Waals surface area contributed by atoms with Gasteiger partial charge in [-0.1, -0.05) is 36.4 Å². The number of esters is 1. The van der Waals surface area contributed by atoms with Crippen LogP contribution in [0.1, 0.15) is 18.2 Å². The van der Waals surface area contributed by atoms with Gasteiger partial charge in [0.15, 0.2) is 0 Å². The highest BCUT2D eigenvalue weighted by atomic mass is 16.7. The molecule has 2 rings (SSSR count). The normalized spacial score (nSPS) is 11.1. The number of likely N-dealkylation sites (N-methyl/N-ethyl adjacent to an activating group) is 2. The molecule has 188 valence electrons. The lowest BCUT2D eigenvalue weighted by atomic mass is 10.2. The number of nitrogens with one attached hydrogen (secondary N) is 1. The summed E-state index contributed by atoms with van der Waals surface area (Å²) < 4.78 is 15.2. The minimum atomic E-state index is -1.15. The molecular formula is C24H30N4O7. The van der Waals surface area contributed by atoms with E-state index in [1.807, 2.05) is 42.5 Å². The molecule has 3 amide bonds. The van der Waals surface area contributed by atoms with Gasteiger partial charge >= 0.3 is 18.2 Å². The van der Waals surface area contributed by atoms with Crippen molar-refractivity contribution in [2.75, 3.05) is 33.7 Å². The number of ether oxygens (including phenoxy) is 3. The summed E-state index contributed by atoms with van der Waals surface area (Å²) in [4.78, 5) is 54.7. The van der Waals surface area contributed by atoms with Crippen LogP contribution in [0.4, 0.5) is 9.59 Å². The van der Waals surface area contributed by atoms with Gasteiger partial charge in [-0.05, 0) is 17.7 Å². The van der Waals surface area contributed by atoms with Crippen LogP contribution in [0.25, 0.3) is 0 Å². The van der Waals surface area contributed by atoms with Crippen LogP contribution in [-0.4, -0.2) is 78.9 Å². The Morgan fingerprint density at radius 2 is 1.66 bits per heavy atom. The first-order chi connectivity index (χ1) is 16.7. The summed E-state index contributed by atoms with van der Waals surface area (Å²) in [7, 11) is 2.96. The van der Waals surface area contributed by atoms with Crippen molar-refractivity contribution in [1.29, 1.82) is 0 Å². The lowest BCUT2D eigenvalue weighted by Crippen LogP contribution is -2.41. The van der Waals surface area contributed by atoms with Gasteiger partial charge in [-0.15, -0.1) is 0 Å². The van der Waals surface area contributed by atoms with Crippen molar-refractivity contribution in [3.63, 3.8) is 0 Å². The Morgan fingerprint density at radius 1 is 0.943 bits per heavy atom. The number of aromatic nitrogens is 1. The van der Waals surface area contributed by atoms with Gasteiger partial charge in [-0.25, -0.2) is 9.59 Å². The molecule has 2 aromatic rings. The van der Waals surface area contributed by atoms with Gasteiger partial charge in [0.25, 0.3) is 0 Å². The van der Waals surface area contributed by atoms with E-state index in [4.69, 9.17) is 14.2 Å². The van der Waals surface area contributed by atoms with Crippen LogP contribution in [-0.2, 0) is 36.8 Å². The highest BCUT2D eigenvalue weighted by molar-refractivity contribution is 5.85. The summed E-state index contributed by atoms with van der Waals surface area (Å²) in [6.07, 6.45) is -0.287. The SMILES string of the molecule is CC(OC(=O)CNC(=O)CN(C)C(=O)OCc1ccccc1)OC(=O)N(C)CCc1ccccn1. The Morgan fingerprint density at radius 3 is 2.34 bits per heavy atom. The van der Waals surface area contributed by atoms with Gasteiger partial charge in [-0.3, -0.25) is 14.6 Å². The van der Waals surface area contributed by atoms with E-state index < -0.39 is 36.9 Å². The van der Waals surface area contributed by atoms with Crippen LogP contribution in [0, 0.1) is 0 Å². The van der Waals surface area contributed by atoms with Crippen molar-refractivity contribution < 1.29 is 33.4 Å². The van der Waals surface area contributed by atoms with Gasteiger partial charge in [0.2, 0.25) is 12.2 Å². The number of nitrogens with zero attached hydrogens (tertiary/aromatic N) is 3. The first kappa shape index (κ1) is 27.1. The molecule has 1 aromatic carbocycles. The van der Waals surface area contributed by atoms with Crippen molar-refractivity contribution in [3.05, 3.63) is 66.0 Å². The van der Waals surface area contributed by atoms with Gasteiger partial charge in [0.1, 0.15) is 19.7 Å². The molecule has 0 aliphatic carbocycles. The number of carbonyl (C=O) groups excluding carboxylic acids is 4. The Labute approximate surface area is 204 Å². The zero-order chi connectivity index (χ0) is 25.6. The van der Waals surface area contributed by atoms with E-state index in [-0.39, 0.29) is 13.2 Å². The second-order valence-corrected chi connectivity index (χ2v) is 7.61. The first-order valence-corrected chi connectivity index (χ1v) is 10.9. The van der Waals surface area contributed by atoms with E-state index in [9.17, 15) is 19.2 Å². The highest BCUT2D eigenvalue weighted by Crippen LogP contribution is 2.03. The van der Waals surface area contributed by atoms with Crippen LogP contribution in [0.15, 0.2) is 54.7 Å². The van der Waals surface area contributed by atoms with Crippen LogP contribution < -0.4 is 5.32 Å². The van der Waals surface area contributed by atoms with Crippen molar-refractivity contribution >= 4 is 24.1 Å². The Bertz CT molecular complexity index is 972. The molecule has 0 saturated heterocycles. The predicted molar refractivity (Wildman–Crippen MR) is 125 cm³/mol. The van der Waals surface area contributed by atoms with Crippen LogP contribution in [0.5, 0.6) is 0 Å². The molecule has 1 unspecified atom stereocenters. The Kier molecular flexibility index (Phi) is 11.0. The molecule has 0 aliphatic heterocycles. The molecule has 11 heteroatoms. The summed E-state index contributed by atoms with van der Waals surface area (Å²) >= 11 is 0. The monoisotopic (exact) mass is 486 g/mol. The van der Waals surface area contributed by atoms with Gasteiger partial charge in [-0.2, -0.15) is 0 Å². The molecule has 0 bridgehead atoms. The lowest BCUT2D eigenvalue weighted by molar-refractivity contribution is -0.165. The van der Waals surface area contributed by atoms with Crippen LogP contribution in [0.3, 0.4) is 0 Å². The average molecular weight is 487 g/mol. The highest BCUT2D eigenvalue weighted by Gasteiger charge is 2.19. The molecule has 0 aliphatic rings. The fourth-order valence-electron chi connectivity index (χ4n) is 2.74. The number of hydrogen-bond acceptors (Lipinski definition) is 8. The first-order valence-electron chi connectivity index (χ1n) is 10.9. The van der Waals surface area contributed by atoms with Crippen LogP contribution >= 0.6 is 0 Å². The second kappa shape index (κ2) is 14.2. The fraction of sp³-hybridized carbons (Fsp3) is 0.375. The minimum absolute atomic E-state index is 0.0763. The maximum absolute atomic E-state index is 12.1. The molecule has 1 N–H and O–H groups in total. The molecule has 0 spiro atoms. The van der Waals surface area contributed by atoms with E-state index in [1.165, 1.54) is 18.9 Å². The molecule has 1 aromatic heterocycles. The standard InChI is InChI=1S/C24H30N4O7/c1-18(35-24(32)27(2)14-12-20-11-7-8-13-25-20)34-22(30)15-26-21(29)16-28(3)23(31)33-17-19-9-5-4-6-10-19/h4-11,13,18H,12,14-17H2,1-3H3,(H,26,29). The molecular weight excluding hydrogens is 456 g/mol. The summed E-state index contributed by atoms with van der Waals surface area (Å²) in [6.45, 7) is 1.07. The number of rotatable bonds is 11. The molecule has 1 atom stereocenters. The summed E-state index contributed by atoms with van der Waals surface area (Å²) in [5, 5.41) is 2.34. The quantitative estimate of drug-likeness (QED) is 0.377. The zero-order valence-electron chi connectivity index (χ0n) is 20.0. The third-order valence-electron chi connectivity index (χ3n) is 4.63. The van der Waals surface area contributed by atoms with Gasteiger partial charge < -0.3 is 29.3 Å². The maximum atomic E-state index is 12.1. The molecule has 1 heterocycles. The number of amides is 3. The number of hydrogen-bond donors (Lipinski definition) is 1. The van der Waals surface area contributed by atoms with Crippen LogP contribution in [0.2, 0.25) is 0 Å². The van der Waals surface area contributed by atoms with E-state index >= 15 is 0 Å². The van der Waals surface area contributed by atoms with E-state index in [2.05, 4.69) is 10.3 Å². The summed E-state index contributed by atoms with van der Waals surface area (Å²) in [6, 6.07) is 14.6. The van der Waals surface area contributed by atoms with Crippen molar-refractivity contribution in [2.24, 2.45) is 0 Å². The Hall–Kier alpha value is -4.15. The zero-order valence-corrected chi connectivity index (χ0v) is 20.0. The predicted octanol–water partition coefficient (Wildman–Crippen LogP) is 1.97. The van der Waals surface area contributed by atoms with Crippen molar-refractivity contribution in [1.82, 2.24) is 20.1 Å². The summed E-state index contributed by atoms with van der Waals surface area (Å²) in [5.41, 5.74) is 1.65. The third-order valence-corrected chi connectivity index (χ3v) is 4.63. The fourth-order valence-corrected chi connectivity index (χ4v) is 2.74. The van der Waals surface area contributed by atoms with Crippen molar-refractivity contribution in [2.45, 2.75) is 26.2 Å². The van der Waals surface area contributed by atoms with Gasteiger partial charge in [0, 0.05) is 45.9 Å². The third kappa shape index (κ3) is 10.5. The smallest absolute Gasteiger partial charge is 0.412 e. The molecule has 0 radical (unpaired) electrons. The molecule has 0 fully saturated rings. The number of carbonyl (C=O) groups is 4.